The first-order chi connectivity index (χ1) is 8.24. The number of primary sulfonamides is 1. The number of benzene rings is 1. The van der Waals surface area contributed by atoms with Gasteiger partial charge in [0, 0.05) is 11.6 Å². The largest absolute Gasteiger partial charge is 0.326 e. The first kappa shape index (κ1) is 14.6. The van der Waals surface area contributed by atoms with E-state index < -0.39 is 15.8 Å². The molecule has 1 amide bonds. The molecule has 0 saturated heterocycles. The van der Waals surface area contributed by atoms with Crippen LogP contribution in [-0.2, 0) is 14.8 Å². The Hall–Kier alpha value is -1.47. The molecule has 1 unspecified atom stereocenters. The van der Waals surface area contributed by atoms with Crippen molar-refractivity contribution in [1.29, 1.82) is 0 Å². The predicted octanol–water partition coefficient (Wildman–Crippen LogP) is 1.46. The molecule has 5 nitrogen and oxygen atoms in total. The third-order valence-electron chi connectivity index (χ3n) is 2.53. The number of nitrogens with two attached hydrogens (primary N) is 1. The summed E-state index contributed by atoms with van der Waals surface area (Å²) < 4.78 is 35.4. The number of anilines is 1. The zero-order valence-electron chi connectivity index (χ0n) is 10.1. The van der Waals surface area contributed by atoms with Crippen molar-refractivity contribution >= 4 is 21.6 Å². The number of carbonyl (C=O) groups excluding carboxylic acids is 1. The van der Waals surface area contributed by atoms with Crippen molar-refractivity contribution < 1.29 is 17.6 Å². The van der Waals surface area contributed by atoms with Crippen molar-refractivity contribution in [2.45, 2.75) is 25.2 Å². The molecule has 18 heavy (non-hydrogen) atoms. The van der Waals surface area contributed by atoms with Crippen LogP contribution in [0.1, 0.15) is 20.3 Å². The number of sulfonamides is 1. The fraction of sp³-hybridized carbons (Fsp3) is 0.364. The second-order valence-corrected chi connectivity index (χ2v) is 5.58. The normalized spacial score (nSPS) is 13.1. The number of hydrogen-bond acceptors (Lipinski definition) is 3. The van der Waals surface area contributed by atoms with Gasteiger partial charge in [0.15, 0.2) is 0 Å². The van der Waals surface area contributed by atoms with Gasteiger partial charge in [0.05, 0.1) is 4.90 Å². The molecule has 0 heterocycles. The Morgan fingerprint density at radius 3 is 2.56 bits per heavy atom. The molecule has 0 bridgehead atoms. The van der Waals surface area contributed by atoms with E-state index in [0.29, 0.717) is 6.42 Å². The van der Waals surface area contributed by atoms with Gasteiger partial charge >= 0.3 is 0 Å². The molecule has 100 valence electrons. The number of rotatable bonds is 4. The van der Waals surface area contributed by atoms with E-state index in [1.807, 2.05) is 6.92 Å². The van der Waals surface area contributed by atoms with E-state index >= 15 is 0 Å². The van der Waals surface area contributed by atoms with E-state index in [-0.39, 0.29) is 22.4 Å². The van der Waals surface area contributed by atoms with Crippen LogP contribution in [-0.4, -0.2) is 14.3 Å². The molecule has 0 aromatic heterocycles. The van der Waals surface area contributed by atoms with Crippen molar-refractivity contribution in [2.75, 3.05) is 5.32 Å². The Kier molecular flexibility index (Phi) is 4.42. The molecule has 0 aliphatic heterocycles. The number of nitrogens with one attached hydrogen (secondary N) is 1. The summed E-state index contributed by atoms with van der Waals surface area (Å²) in [4.78, 5) is 11.2. The number of carbonyl (C=O) groups is 1. The molecule has 3 N–H and O–H groups in total. The van der Waals surface area contributed by atoms with Crippen LogP contribution < -0.4 is 10.5 Å². The Morgan fingerprint density at radius 2 is 2.06 bits per heavy atom. The molecular formula is C11H15FN2O3S. The molecule has 0 saturated carbocycles. The third-order valence-corrected chi connectivity index (χ3v) is 3.42. The minimum absolute atomic E-state index is 0.0734. The SMILES string of the molecule is CCC(C)C(=O)Nc1cc(F)cc(S(N)(=O)=O)c1. The maximum absolute atomic E-state index is 13.2. The summed E-state index contributed by atoms with van der Waals surface area (Å²) in [5.74, 6) is -1.32. The van der Waals surface area contributed by atoms with Crippen LogP contribution in [0.25, 0.3) is 0 Å². The highest BCUT2D eigenvalue weighted by atomic mass is 32.2. The quantitative estimate of drug-likeness (QED) is 0.871. The van der Waals surface area contributed by atoms with E-state index in [1.54, 1.807) is 6.92 Å². The summed E-state index contributed by atoms with van der Waals surface area (Å²) in [5.41, 5.74) is 0.0734. The summed E-state index contributed by atoms with van der Waals surface area (Å²) in [6, 6.07) is 2.96. The number of halogens is 1. The van der Waals surface area contributed by atoms with Crippen LogP contribution in [0.5, 0.6) is 0 Å². The summed E-state index contributed by atoms with van der Waals surface area (Å²) >= 11 is 0. The van der Waals surface area contributed by atoms with Gasteiger partial charge in [-0.15, -0.1) is 0 Å². The molecule has 0 spiro atoms. The average Bonchev–Trinajstić information content (AvgIpc) is 2.25. The van der Waals surface area contributed by atoms with E-state index in [1.165, 1.54) is 0 Å². The van der Waals surface area contributed by atoms with Crippen molar-refractivity contribution in [3.8, 4) is 0 Å². The van der Waals surface area contributed by atoms with Crippen molar-refractivity contribution in [3.05, 3.63) is 24.0 Å². The maximum Gasteiger partial charge on any atom is 0.238 e. The van der Waals surface area contributed by atoms with Crippen molar-refractivity contribution in [1.82, 2.24) is 0 Å². The Balaban J connectivity index is 3.05. The zero-order valence-corrected chi connectivity index (χ0v) is 10.9. The van der Waals surface area contributed by atoms with E-state index in [2.05, 4.69) is 5.32 Å². The molecule has 1 aromatic rings. The lowest BCUT2D eigenvalue weighted by atomic mass is 10.1. The molecule has 1 atom stereocenters. The van der Waals surface area contributed by atoms with E-state index in [9.17, 15) is 17.6 Å². The molecule has 0 aliphatic rings. The standard InChI is InChI=1S/C11H15FN2O3S/c1-3-7(2)11(15)14-9-4-8(12)5-10(6-9)18(13,16)17/h4-7H,3H2,1-2H3,(H,14,15)(H2,13,16,17). The summed E-state index contributed by atoms with van der Waals surface area (Å²) in [7, 11) is -4.00. The predicted molar refractivity (Wildman–Crippen MR) is 65.9 cm³/mol. The Morgan fingerprint density at radius 1 is 1.44 bits per heavy atom. The number of hydrogen-bond donors (Lipinski definition) is 2. The lowest BCUT2D eigenvalue weighted by Crippen LogP contribution is -2.20. The van der Waals surface area contributed by atoms with Gasteiger partial charge in [0.2, 0.25) is 15.9 Å². The Bertz CT molecular complexity index is 557. The van der Waals surface area contributed by atoms with Crippen molar-refractivity contribution in [2.24, 2.45) is 11.1 Å². The van der Waals surface area contributed by atoms with Crippen molar-refractivity contribution in [3.63, 3.8) is 0 Å². The molecule has 0 radical (unpaired) electrons. The highest BCUT2D eigenvalue weighted by Gasteiger charge is 2.14. The molecule has 1 aromatic carbocycles. The third kappa shape index (κ3) is 3.78. The second-order valence-electron chi connectivity index (χ2n) is 4.02. The highest BCUT2D eigenvalue weighted by Crippen LogP contribution is 2.18. The fourth-order valence-electron chi connectivity index (χ4n) is 1.25. The molecule has 0 fully saturated rings. The van der Waals surface area contributed by atoms with Gasteiger partial charge in [-0.3, -0.25) is 4.79 Å². The lowest BCUT2D eigenvalue weighted by Gasteiger charge is -2.11. The van der Waals surface area contributed by atoms with Gasteiger partial charge in [-0.2, -0.15) is 0 Å². The van der Waals surface area contributed by atoms with Gasteiger partial charge in [-0.1, -0.05) is 13.8 Å². The molecule has 7 heteroatoms. The first-order valence-corrected chi connectivity index (χ1v) is 6.93. The lowest BCUT2D eigenvalue weighted by molar-refractivity contribution is -0.119. The van der Waals surface area contributed by atoms with Gasteiger partial charge in [-0.05, 0) is 24.6 Å². The van der Waals surface area contributed by atoms with Crippen LogP contribution in [0.4, 0.5) is 10.1 Å². The Labute approximate surface area is 105 Å². The van der Waals surface area contributed by atoms with Crippen LogP contribution in [0.15, 0.2) is 23.1 Å². The van der Waals surface area contributed by atoms with E-state index in [0.717, 1.165) is 18.2 Å². The topological polar surface area (TPSA) is 89.3 Å². The van der Waals surface area contributed by atoms with Crippen LogP contribution in [0.2, 0.25) is 0 Å². The molecular weight excluding hydrogens is 259 g/mol. The minimum atomic E-state index is -4.00. The summed E-state index contributed by atoms with van der Waals surface area (Å²) in [6.07, 6.45) is 0.628. The monoisotopic (exact) mass is 274 g/mol. The van der Waals surface area contributed by atoms with Gasteiger partial charge in [0.1, 0.15) is 5.82 Å². The van der Waals surface area contributed by atoms with Crippen LogP contribution in [0.3, 0.4) is 0 Å². The smallest absolute Gasteiger partial charge is 0.238 e. The average molecular weight is 274 g/mol. The van der Waals surface area contributed by atoms with Gasteiger partial charge < -0.3 is 5.32 Å². The minimum Gasteiger partial charge on any atom is -0.326 e. The highest BCUT2D eigenvalue weighted by molar-refractivity contribution is 7.89. The first-order valence-electron chi connectivity index (χ1n) is 5.38. The van der Waals surface area contributed by atoms with E-state index in [4.69, 9.17) is 5.14 Å². The van der Waals surface area contributed by atoms with Gasteiger partial charge in [0.25, 0.3) is 0 Å². The van der Waals surface area contributed by atoms with Crippen LogP contribution in [0, 0.1) is 11.7 Å². The summed E-state index contributed by atoms with van der Waals surface area (Å²) in [6.45, 7) is 3.56. The van der Waals surface area contributed by atoms with Gasteiger partial charge in [-0.25, -0.2) is 17.9 Å². The molecule has 0 aliphatic carbocycles. The number of amides is 1. The summed E-state index contributed by atoms with van der Waals surface area (Å²) in [5, 5.41) is 7.35. The fourth-order valence-corrected chi connectivity index (χ4v) is 1.82. The maximum atomic E-state index is 13.2. The van der Waals surface area contributed by atoms with Crippen LogP contribution >= 0.6 is 0 Å². The second kappa shape index (κ2) is 5.45. The zero-order chi connectivity index (χ0) is 13.9. The molecule has 1 rings (SSSR count).